The summed E-state index contributed by atoms with van der Waals surface area (Å²) in [6, 6.07) is 0. The first-order chi connectivity index (χ1) is 8.58. The molecule has 0 amide bonds. The zero-order valence-electron chi connectivity index (χ0n) is 12.2. The summed E-state index contributed by atoms with van der Waals surface area (Å²) in [6.45, 7) is 9.59. The highest BCUT2D eigenvalue weighted by atomic mass is 19.4. The normalized spacial score (nSPS) is 28.6. The predicted molar refractivity (Wildman–Crippen MR) is 69.2 cm³/mol. The minimum Gasteiger partial charge on any atom is -0.371 e. The van der Waals surface area contributed by atoms with Crippen LogP contribution in [0.1, 0.15) is 34.1 Å². The second-order valence-corrected chi connectivity index (χ2v) is 6.17. The Kier molecular flexibility index (Phi) is 5.26. The molecular weight excluding hydrogens is 257 g/mol. The molecule has 0 aliphatic carbocycles. The van der Waals surface area contributed by atoms with Gasteiger partial charge in [-0.15, -0.1) is 0 Å². The van der Waals surface area contributed by atoms with Crippen LogP contribution in [0.2, 0.25) is 0 Å². The average Bonchev–Trinajstić information content (AvgIpc) is 2.28. The minimum atomic E-state index is -4.24. The van der Waals surface area contributed by atoms with E-state index in [-0.39, 0.29) is 17.7 Å². The van der Waals surface area contributed by atoms with Gasteiger partial charge in [-0.25, -0.2) is 0 Å². The van der Waals surface area contributed by atoms with Crippen molar-refractivity contribution >= 4 is 0 Å². The monoisotopic (exact) mass is 282 g/mol. The second-order valence-electron chi connectivity index (χ2n) is 6.17. The predicted octanol–water partition coefficient (Wildman–Crippen LogP) is 2.42. The summed E-state index contributed by atoms with van der Waals surface area (Å²) in [7, 11) is 0. The number of ether oxygens (including phenoxy) is 1. The molecule has 1 saturated heterocycles. The van der Waals surface area contributed by atoms with Gasteiger partial charge in [0.2, 0.25) is 0 Å². The smallest absolute Gasteiger partial charge is 0.371 e. The molecule has 1 aliphatic rings. The van der Waals surface area contributed by atoms with Crippen LogP contribution in [0.3, 0.4) is 0 Å². The number of hydrogen-bond acceptors (Lipinski definition) is 3. The van der Waals surface area contributed by atoms with E-state index in [9.17, 15) is 13.2 Å². The van der Waals surface area contributed by atoms with Gasteiger partial charge in [0.05, 0.1) is 6.61 Å². The second kappa shape index (κ2) is 5.97. The van der Waals surface area contributed by atoms with Crippen molar-refractivity contribution < 1.29 is 17.9 Å². The van der Waals surface area contributed by atoms with E-state index in [0.29, 0.717) is 6.54 Å². The molecule has 1 atom stereocenters. The van der Waals surface area contributed by atoms with Crippen molar-refractivity contribution in [1.29, 1.82) is 0 Å². The molecule has 19 heavy (non-hydrogen) atoms. The van der Waals surface area contributed by atoms with E-state index in [2.05, 4.69) is 37.9 Å². The molecule has 1 fully saturated rings. The summed E-state index contributed by atoms with van der Waals surface area (Å²) in [5, 5.41) is 3.52. The number of piperazine rings is 1. The summed E-state index contributed by atoms with van der Waals surface area (Å²) in [5.41, 5.74) is -0.0319. The third-order valence-corrected chi connectivity index (χ3v) is 3.90. The van der Waals surface area contributed by atoms with E-state index in [1.807, 2.05) is 0 Å². The molecule has 114 valence electrons. The first-order valence-electron chi connectivity index (χ1n) is 6.73. The minimum absolute atomic E-state index is 0.0273. The van der Waals surface area contributed by atoms with Crippen molar-refractivity contribution in [2.75, 3.05) is 32.8 Å². The van der Waals surface area contributed by atoms with Crippen LogP contribution >= 0.6 is 0 Å². The number of halogens is 3. The van der Waals surface area contributed by atoms with Crippen molar-refractivity contribution in [3.63, 3.8) is 0 Å². The van der Waals surface area contributed by atoms with E-state index in [1.54, 1.807) is 0 Å². The van der Waals surface area contributed by atoms with Gasteiger partial charge in [0.1, 0.15) is 6.61 Å². The van der Waals surface area contributed by atoms with Crippen molar-refractivity contribution in [1.82, 2.24) is 10.2 Å². The summed E-state index contributed by atoms with van der Waals surface area (Å²) in [5.74, 6) is 0. The summed E-state index contributed by atoms with van der Waals surface area (Å²) < 4.78 is 40.7. The molecule has 1 aliphatic heterocycles. The Hall–Kier alpha value is -0.330. The lowest BCUT2D eigenvalue weighted by Gasteiger charge is -2.50. The van der Waals surface area contributed by atoms with Crippen LogP contribution in [0, 0.1) is 0 Å². The fourth-order valence-corrected chi connectivity index (χ4v) is 2.21. The topological polar surface area (TPSA) is 24.5 Å². The highest BCUT2D eigenvalue weighted by Gasteiger charge is 2.38. The summed E-state index contributed by atoms with van der Waals surface area (Å²) >= 11 is 0. The molecule has 0 bridgehead atoms. The number of hydrogen-bond donors (Lipinski definition) is 1. The Labute approximate surface area is 113 Å². The Morgan fingerprint density at radius 3 is 2.42 bits per heavy atom. The van der Waals surface area contributed by atoms with E-state index in [4.69, 9.17) is 4.74 Å². The van der Waals surface area contributed by atoms with Crippen molar-refractivity contribution in [3.05, 3.63) is 0 Å². The third-order valence-electron chi connectivity index (χ3n) is 3.90. The standard InChI is InChI=1S/C13H25F3N2O/c1-5-12(4)9-18(11(2,3)8-17-12)6-7-19-10-13(14,15)16/h17H,5-10H2,1-4H3. The molecule has 0 spiro atoms. The molecule has 0 aromatic carbocycles. The number of alkyl halides is 3. The fraction of sp³-hybridized carbons (Fsp3) is 1.00. The molecule has 0 aromatic heterocycles. The molecule has 1 heterocycles. The van der Waals surface area contributed by atoms with Gasteiger partial charge < -0.3 is 10.1 Å². The lowest BCUT2D eigenvalue weighted by Crippen LogP contribution is -2.67. The quantitative estimate of drug-likeness (QED) is 0.784. The van der Waals surface area contributed by atoms with Crippen LogP contribution in [-0.4, -0.2) is 55.0 Å². The number of nitrogens with zero attached hydrogens (tertiary/aromatic N) is 1. The Bertz CT molecular complexity index is 294. The van der Waals surface area contributed by atoms with Crippen LogP contribution in [0.25, 0.3) is 0 Å². The summed E-state index contributed by atoms with van der Waals surface area (Å²) in [4.78, 5) is 2.21. The SMILES string of the molecule is CCC1(C)CN(CCOCC(F)(F)F)C(C)(C)CN1. The van der Waals surface area contributed by atoms with Crippen LogP contribution < -0.4 is 5.32 Å². The van der Waals surface area contributed by atoms with E-state index >= 15 is 0 Å². The van der Waals surface area contributed by atoms with Gasteiger partial charge in [-0.1, -0.05) is 6.92 Å². The van der Waals surface area contributed by atoms with Gasteiger partial charge >= 0.3 is 6.18 Å². The van der Waals surface area contributed by atoms with Gasteiger partial charge in [0.25, 0.3) is 0 Å². The van der Waals surface area contributed by atoms with Gasteiger partial charge in [-0.05, 0) is 27.2 Å². The molecule has 3 nitrogen and oxygen atoms in total. The van der Waals surface area contributed by atoms with Crippen molar-refractivity contribution in [2.24, 2.45) is 0 Å². The molecule has 0 saturated carbocycles. The van der Waals surface area contributed by atoms with Crippen molar-refractivity contribution in [2.45, 2.75) is 51.4 Å². The third kappa shape index (κ3) is 5.28. The Morgan fingerprint density at radius 2 is 1.89 bits per heavy atom. The Morgan fingerprint density at radius 1 is 1.26 bits per heavy atom. The van der Waals surface area contributed by atoms with Crippen LogP contribution in [0.15, 0.2) is 0 Å². The molecular formula is C13H25F3N2O. The Balaban J connectivity index is 2.45. The lowest BCUT2D eigenvalue weighted by atomic mass is 9.88. The van der Waals surface area contributed by atoms with Gasteiger partial charge in [0.15, 0.2) is 0 Å². The van der Waals surface area contributed by atoms with Gasteiger partial charge in [-0.3, -0.25) is 4.90 Å². The van der Waals surface area contributed by atoms with E-state index < -0.39 is 12.8 Å². The maximum absolute atomic E-state index is 12.0. The maximum atomic E-state index is 12.0. The first-order valence-corrected chi connectivity index (χ1v) is 6.73. The molecule has 1 rings (SSSR count). The molecule has 0 radical (unpaired) electrons. The fourth-order valence-electron chi connectivity index (χ4n) is 2.21. The van der Waals surface area contributed by atoms with Crippen molar-refractivity contribution in [3.8, 4) is 0 Å². The number of rotatable bonds is 5. The largest absolute Gasteiger partial charge is 0.411 e. The van der Waals surface area contributed by atoms with Crippen LogP contribution in [0.5, 0.6) is 0 Å². The maximum Gasteiger partial charge on any atom is 0.411 e. The molecule has 6 heteroatoms. The molecule has 1 N–H and O–H groups in total. The molecule has 0 aromatic rings. The first kappa shape index (κ1) is 16.7. The zero-order valence-corrected chi connectivity index (χ0v) is 12.2. The summed E-state index contributed by atoms with van der Waals surface area (Å²) in [6.07, 6.45) is -3.25. The van der Waals surface area contributed by atoms with Crippen LogP contribution in [0.4, 0.5) is 13.2 Å². The van der Waals surface area contributed by atoms with E-state index in [1.165, 1.54) is 0 Å². The van der Waals surface area contributed by atoms with Gasteiger partial charge in [0, 0.05) is 30.7 Å². The highest BCUT2D eigenvalue weighted by Crippen LogP contribution is 2.25. The van der Waals surface area contributed by atoms with Crippen LogP contribution in [-0.2, 0) is 4.74 Å². The molecule has 1 unspecified atom stereocenters. The number of nitrogens with one attached hydrogen (secondary N) is 1. The van der Waals surface area contributed by atoms with E-state index in [0.717, 1.165) is 19.5 Å². The highest BCUT2D eigenvalue weighted by molar-refractivity contribution is 4.98. The van der Waals surface area contributed by atoms with Gasteiger partial charge in [-0.2, -0.15) is 13.2 Å². The average molecular weight is 282 g/mol. The zero-order chi connectivity index (χ0) is 14.7. The lowest BCUT2D eigenvalue weighted by molar-refractivity contribution is -0.175.